The number of fused-ring (bicyclic) bond motifs is 1. The number of hydrogen-bond donors (Lipinski definition) is 0. The van der Waals surface area contributed by atoms with Crippen LogP contribution in [0.1, 0.15) is 12.0 Å². The predicted molar refractivity (Wildman–Crippen MR) is 132 cm³/mol. The molecule has 1 aliphatic rings. The Hall–Kier alpha value is -3.65. The summed E-state index contributed by atoms with van der Waals surface area (Å²) in [5.74, 6) is 1.04. The molecule has 1 saturated heterocycles. The van der Waals surface area contributed by atoms with Crippen LogP contribution in [0.2, 0.25) is 0 Å². The zero-order chi connectivity index (χ0) is 23.9. The number of rotatable bonds is 8. The first kappa shape index (κ1) is 23.5. The molecule has 8 nitrogen and oxygen atoms in total. The van der Waals surface area contributed by atoms with Crippen LogP contribution in [0.3, 0.4) is 0 Å². The molecule has 0 unspecified atom stereocenters. The average molecular weight is 463 g/mol. The molecule has 0 atom stereocenters. The van der Waals surface area contributed by atoms with E-state index < -0.39 is 0 Å². The summed E-state index contributed by atoms with van der Waals surface area (Å²) >= 11 is 0. The number of amides is 1. The van der Waals surface area contributed by atoms with E-state index in [0.29, 0.717) is 35.5 Å². The normalized spacial score (nSPS) is 14.6. The quantitative estimate of drug-likeness (QED) is 0.512. The molecule has 1 fully saturated rings. The summed E-state index contributed by atoms with van der Waals surface area (Å²) in [5, 5.41) is 0.435. The summed E-state index contributed by atoms with van der Waals surface area (Å²) < 4.78 is 12.1. The molecule has 0 bridgehead atoms. The minimum atomic E-state index is -0.200. The summed E-state index contributed by atoms with van der Waals surface area (Å²) in [6.07, 6.45) is 6.03. The molecule has 0 saturated carbocycles. The van der Waals surface area contributed by atoms with E-state index in [1.165, 1.54) is 30.7 Å². The lowest BCUT2D eigenvalue weighted by Gasteiger charge is -2.34. The van der Waals surface area contributed by atoms with E-state index in [2.05, 4.69) is 34.2 Å². The highest BCUT2D eigenvalue weighted by Crippen LogP contribution is 2.29. The second-order valence-corrected chi connectivity index (χ2v) is 8.21. The van der Waals surface area contributed by atoms with Crippen LogP contribution in [0.25, 0.3) is 17.0 Å². The van der Waals surface area contributed by atoms with Gasteiger partial charge in [-0.05, 0) is 11.6 Å². The Bertz CT molecular complexity index is 1210. The molecule has 3 aromatic rings. The van der Waals surface area contributed by atoms with Crippen molar-refractivity contribution in [1.29, 1.82) is 0 Å². The minimum Gasteiger partial charge on any atom is -0.493 e. The lowest BCUT2D eigenvalue weighted by atomic mass is 10.2. The zero-order valence-electron chi connectivity index (χ0n) is 19.6. The van der Waals surface area contributed by atoms with Crippen LogP contribution >= 0.6 is 0 Å². The zero-order valence-corrected chi connectivity index (χ0v) is 19.6. The third-order valence-corrected chi connectivity index (χ3v) is 6.09. The van der Waals surface area contributed by atoms with Gasteiger partial charge in [-0.2, -0.15) is 0 Å². The largest absolute Gasteiger partial charge is 0.493 e. The van der Waals surface area contributed by atoms with Crippen molar-refractivity contribution in [3.05, 3.63) is 70.8 Å². The molecule has 0 N–H and O–H groups in total. The summed E-state index contributed by atoms with van der Waals surface area (Å²) in [6.45, 7) is 4.21. The van der Waals surface area contributed by atoms with E-state index in [0.717, 1.165) is 19.6 Å². The van der Waals surface area contributed by atoms with Gasteiger partial charge in [0.05, 0.1) is 31.4 Å². The van der Waals surface area contributed by atoms with Gasteiger partial charge in [0.15, 0.2) is 11.5 Å². The highest BCUT2D eigenvalue weighted by Gasteiger charge is 2.20. The number of nitrogens with zero attached hydrogens (tertiary/aromatic N) is 4. The Balaban J connectivity index is 1.30. The Kier molecular flexibility index (Phi) is 7.59. The van der Waals surface area contributed by atoms with Gasteiger partial charge in [-0.3, -0.25) is 19.1 Å². The number of aryl methyl sites for hydroxylation is 1. The molecule has 8 heteroatoms. The molecule has 0 aliphatic carbocycles. The number of piperazine rings is 1. The van der Waals surface area contributed by atoms with Crippen LogP contribution < -0.4 is 15.0 Å². The maximum Gasteiger partial charge on any atom is 0.261 e. The number of methoxy groups -OCH3 is 2. The highest BCUT2D eigenvalue weighted by atomic mass is 16.5. The van der Waals surface area contributed by atoms with Gasteiger partial charge >= 0.3 is 0 Å². The summed E-state index contributed by atoms with van der Waals surface area (Å²) in [5.41, 5.74) is 1.52. The number of ether oxygens (including phenoxy) is 2. The van der Waals surface area contributed by atoms with Crippen molar-refractivity contribution in [1.82, 2.24) is 19.4 Å². The summed E-state index contributed by atoms with van der Waals surface area (Å²) in [4.78, 5) is 34.3. The standard InChI is InChI=1S/C26H30N4O4/c1-33-23-17-21-22(18-24(23)34-2)27-19-30(26(21)32)12-10-25(31)29-15-13-28(14-16-29)11-6-9-20-7-4-3-5-8-20/h3-9,17-19H,10-16H2,1-2H3. The predicted octanol–water partition coefficient (Wildman–Crippen LogP) is 2.66. The van der Waals surface area contributed by atoms with Gasteiger partial charge in [0.25, 0.3) is 5.56 Å². The molecule has 1 aliphatic heterocycles. The van der Waals surface area contributed by atoms with Crippen molar-refractivity contribution >= 4 is 22.9 Å². The van der Waals surface area contributed by atoms with E-state index in [9.17, 15) is 9.59 Å². The molecular formula is C26H30N4O4. The van der Waals surface area contributed by atoms with Crippen molar-refractivity contribution in [3.63, 3.8) is 0 Å². The lowest BCUT2D eigenvalue weighted by Crippen LogP contribution is -2.48. The minimum absolute atomic E-state index is 0.0544. The topological polar surface area (TPSA) is 76.9 Å². The maximum absolute atomic E-state index is 12.9. The van der Waals surface area contributed by atoms with Gasteiger partial charge in [0.1, 0.15) is 0 Å². The van der Waals surface area contributed by atoms with Crippen LogP contribution in [0, 0.1) is 0 Å². The number of benzene rings is 2. The van der Waals surface area contributed by atoms with Crippen molar-refractivity contribution in [2.24, 2.45) is 0 Å². The molecule has 2 aromatic carbocycles. The molecular weight excluding hydrogens is 432 g/mol. The number of carbonyl (C=O) groups is 1. The van der Waals surface area contributed by atoms with Crippen LogP contribution in [0.15, 0.2) is 59.7 Å². The van der Waals surface area contributed by atoms with Gasteiger partial charge in [-0.15, -0.1) is 0 Å². The first-order valence-electron chi connectivity index (χ1n) is 11.4. The van der Waals surface area contributed by atoms with Gasteiger partial charge in [0, 0.05) is 51.8 Å². The van der Waals surface area contributed by atoms with Crippen LogP contribution in [-0.2, 0) is 11.3 Å². The second kappa shape index (κ2) is 11.0. The van der Waals surface area contributed by atoms with E-state index in [1.807, 2.05) is 23.1 Å². The molecule has 4 rings (SSSR count). The van der Waals surface area contributed by atoms with Gasteiger partial charge in [-0.1, -0.05) is 42.5 Å². The van der Waals surface area contributed by atoms with Crippen LogP contribution in [-0.4, -0.2) is 72.2 Å². The highest BCUT2D eigenvalue weighted by molar-refractivity contribution is 5.81. The Labute approximate surface area is 199 Å². The molecule has 1 aromatic heterocycles. The lowest BCUT2D eigenvalue weighted by molar-refractivity contribution is -0.133. The molecule has 34 heavy (non-hydrogen) atoms. The van der Waals surface area contributed by atoms with Gasteiger partial charge < -0.3 is 14.4 Å². The third-order valence-electron chi connectivity index (χ3n) is 6.09. The molecule has 178 valence electrons. The first-order chi connectivity index (χ1) is 16.6. The second-order valence-electron chi connectivity index (χ2n) is 8.21. The number of carbonyl (C=O) groups excluding carboxylic acids is 1. The molecule has 0 radical (unpaired) electrons. The fourth-order valence-corrected chi connectivity index (χ4v) is 4.10. The molecule has 2 heterocycles. The third kappa shape index (κ3) is 5.46. The van der Waals surface area contributed by atoms with Crippen molar-refractivity contribution < 1.29 is 14.3 Å². The van der Waals surface area contributed by atoms with E-state index in [-0.39, 0.29) is 24.4 Å². The first-order valence-corrected chi connectivity index (χ1v) is 11.4. The summed E-state index contributed by atoms with van der Waals surface area (Å²) in [7, 11) is 3.06. The van der Waals surface area contributed by atoms with Crippen LogP contribution in [0.5, 0.6) is 11.5 Å². The summed E-state index contributed by atoms with van der Waals surface area (Å²) in [6, 6.07) is 13.5. The van der Waals surface area contributed by atoms with Crippen molar-refractivity contribution in [2.45, 2.75) is 13.0 Å². The van der Waals surface area contributed by atoms with E-state index in [4.69, 9.17) is 9.47 Å². The van der Waals surface area contributed by atoms with Crippen molar-refractivity contribution in [3.8, 4) is 11.5 Å². The Morgan fingerprint density at radius 2 is 1.74 bits per heavy atom. The molecule has 1 amide bonds. The Morgan fingerprint density at radius 3 is 2.44 bits per heavy atom. The number of hydrogen-bond acceptors (Lipinski definition) is 6. The van der Waals surface area contributed by atoms with Crippen molar-refractivity contribution in [2.75, 3.05) is 46.9 Å². The van der Waals surface area contributed by atoms with Gasteiger partial charge in [-0.25, -0.2) is 4.98 Å². The average Bonchev–Trinajstić information content (AvgIpc) is 2.88. The van der Waals surface area contributed by atoms with Crippen LogP contribution in [0.4, 0.5) is 0 Å². The fourth-order valence-electron chi connectivity index (χ4n) is 4.10. The smallest absolute Gasteiger partial charge is 0.261 e. The number of aromatic nitrogens is 2. The van der Waals surface area contributed by atoms with Gasteiger partial charge in [0.2, 0.25) is 5.91 Å². The monoisotopic (exact) mass is 462 g/mol. The molecule has 0 spiro atoms. The SMILES string of the molecule is COc1cc2ncn(CCC(=O)N3CCN(CC=Cc4ccccc4)CC3)c(=O)c2cc1OC. The van der Waals surface area contributed by atoms with E-state index in [1.54, 1.807) is 12.1 Å². The Morgan fingerprint density at radius 1 is 1.03 bits per heavy atom. The maximum atomic E-state index is 12.9. The fraction of sp³-hybridized carbons (Fsp3) is 0.346. The van der Waals surface area contributed by atoms with E-state index >= 15 is 0 Å².